The first kappa shape index (κ1) is 14.3. The van der Waals surface area contributed by atoms with Crippen LogP contribution in [0, 0.1) is 0 Å². The highest BCUT2D eigenvalue weighted by atomic mass is 16.8. The Morgan fingerprint density at radius 3 is 2.63 bits per heavy atom. The predicted molar refractivity (Wildman–Crippen MR) is 65.3 cm³/mol. The summed E-state index contributed by atoms with van der Waals surface area (Å²) in [6, 6.07) is 0. The van der Waals surface area contributed by atoms with Crippen LogP contribution in [0.2, 0.25) is 0 Å². The van der Waals surface area contributed by atoms with E-state index in [4.69, 9.17) is 18.9 Å². The number of carbonyl (C=O) groups excluding carboxylic acids is 1. The molecule has 2 saturated heterocycles. The van der Waals surface area contributed by atoms with Crippen molar-refractivity contribution in [3.63, 3.8) is 0 Å². The molecular weight excluding hydrogens is 252 g/mol. The van der Waals surface area contributed by atoms with E-state index in [-0.39, 0.29) is 18.3 Å². The van der Waals surface area contributed by atoms with Gasteiger partial charge in [0.15, 0.2) is 11.9 Å². The summed E-state index contributed by atoms with van der Waals surface area (Å²) < 4.78 is 27.2. The smallest absolute Gasteiger partial charge is 0.333 e. The second-order valence-electron chi connectivity index (χ2n) is 5.11. The van der Waals surface area contributed by atoms with Gasteiger partial charge in [0.05, 0.1) is 19.3 Å². The van der Waals surface area contributed by atoms with E-state index in [1.807, 2.05) is 20.8 Å². The van der Waals surface area contributed by atoms with E-state index in [1.165, 1.54) is 13.2 Å². The standard InChI is InChI=1S/C13H20O6/c1-7(15-4)10-12-11(18-13(2,3)19-12)8(17-10)6-9(14)16-5/h6-7,10-12H,1-5H3/b8-6+/t7-,10+,11+,12-/m1/s1. The van der Waals surface area contributed by atoms with Gasteiger partial charge in [0, 0.05) is 7.11 Å². The lowest BCUT2D eigenvalue weighted by atomic mass is 10.1. The van der Waals surface area contributed by atoms with Crippen LogP contribution in [0.15, 0.2) is 11.8 Å². The lowest BCUT2D eigenvalue weighted by molar-refractivity contribution is -0.176. The lowest BCUT2D eigenvalue weighted by Gasteiger charge is -2.25. The molecule has 0 aliphatic carbocycles. The van der Waals surface area contributed by atoms with Crippen LogP contribution in [0.3, 0.4) is 0 Å². The van der Waals surface area contributed by atoms with Crippen LogP contribution >= 0.6 is 0 Å². The average Bonchev–Trinajstić information content (AvgIpc) is 2.83. The van der Waals surface area contributed by atoms with E-state index in [0.717, 1.165) is 0 Å². The summed E-state index contributed by atoms with van der Waals surface area (Å²) in [7, 11) is 2.92. The zero-order chi connectivity index (χ0) is 14.2. The maximum absolute atomic E-state index is 11.4. The van der Waals surface area contributed by atoms with Crippen molar-refractivity contribution >= 4 is 5.97 Å². The fourth-order valence-corrected chi connectivity index (χ4v) is 2.33. The Balaban J connectivity index is 2.24. The Bertz CT molecular complexity index is 389. The highest BCUT2D eigenvalue weighted by Crippen LogP contribution is 2.41. The van der Waals surface area contributed by atoms with Gasteiger partial charge in [-0.05, 0) is 20.8 Å². The van der Waals surface area contributed by atoms with Crippen molar-refractivity contribution in [2.75, 3.05) is 14.2 Å². The van der Waals surface area contributed by atoms with Crippen LogP contribution in [0.1, 0.15) is 20.8 Å². The molecule has 0 aromatic heterocycles. The summed E-state index contributed by atoms with van der Waals surface area (Å²) in [6.45, 7) is 5.54. The fourth-order valence-electron chi connectivity index (χ4n) is 2.33. The molecule has 0 saturated carbocycles. The second kappa shape index (κ2) is 5.11. The van der Waals surface area contributed by atoms with E-state index >= 15 is 0 Å². The number of carbonyl (C=O) groups is 1. The molecule has 6 heteroatoms. The molecule has 2 rings (SSSR count). The lowest BCUT2D eigenvalue weighted by Crippen LogP contribution is -2.38. The molecule has 108 valence electrons. The summed E-state index contributed by atoms with van der Waals surface area (Å²) in [5, 5.41) is 0. The van der Waals surface area contributed by atoms with Crippen molar-refractivity contribution < 1.29 is 28.5 Å². The van der Waals surface area contributed by atoms with Gasteiger partial charge in [-0.2, -0.15) is 0 Å². The molecule has 0 aromatic carbocycles. The minimum atomic E-state index is -0.708. The first-order valence-corrected chi connectivity index (χ1v) is 6.22. The van der Waals surface area contributed by atoms with Crippen molar-refractivity contribution in [1.82, 2.24) is 0 Å². The van der Waals surface area contributed by atoms with Crippen LogP contribution in [0.25, 0.3) is 0 Å². The van der Waals surface area contributed by atoms with E-state index in [0.29, 0.717) is 5.76 Å². The average molecular weight is 272 g/mol. The van der Waals surface area contributed by atoms with Crippen molar-refractivity contribution in [2.45, 2.75) is 51.0 Å². The molecule has 0 aromatic rings. The number of fused-ring (bicyclic) bond motifs is 1. The highest BCUT2D eigenvalue weighted by Gasteiger charge is 2.55. The molecule has 2 aliphatic heterocycles. The fraction of sp³-hybridized carbons (Fsp3) is 0.769. The summed E-state index contributed by atoms with van der Waals surface area (Å²) in [6.07, 6.45) is 0.115. The minimum absolute atomic E-state index is 0.173. The maximum atomic E-state index is 11.4. The second-order valence-corrected chi connectivity index (χ2v) is 5.11. The van der Waals surface area contributed by atoms with E-state index in [9.17, 15) is 4.79 Å². The Morgan fingerprint density at radius 1 is 1.37 bits per heavy atom. The monoisotopic (exact) mass is 272 g/mol. The SMILES string of the molecule is COC(=O)/C=C1/O[C@@H]([C@@H](C)OC)[C@H]2OC(C)(C)O[C@@H]12. The Hall–Kier alpha value is -1.11. The van der Waals surface area contributed by atoms with E-state index in [1.54, 1.807) is 7.11 Å². The quantitative estimate of drug-likeness (QED) is 0.564. The first-order valence-electron chi connectivity index (χ1n) is 6.22. The molecule has 6 nitrogen and oxygen atoms in total. The van der Waals surface area contributed by atoms with Crippen molar-refractivity contribution in [2.24, 2.45) is 0 Å². The third-order valence-electron chi connectivity index (χ3n) is 3.30. The van der Waals surface area contributed by atoms with Gasteiger partial charge >= 0.3 is 5.97 Å². The van der Waals surface area contributed by atoms with Crippen LogP contribution in [-0.2, 0) is 28.5 Å². The zero-order valence-corrected chi connectivity index (χ0v) is 11.8. The van der Waals surface area contributed by atoms with Gasteiger partial charge in [-0.3, -0.25) is 0 Å². The molecular formula is C13H20O6. The number of hydrogen-bond acceptors (Lipinski definition) is 6. The normalized spacial score (nSPS) is 35.8. The summed E-state index contributed by atoms with van der Waals surface area (Å²) in [5.41, 5.74) is 0. The molecule has 0 radical (unpaired) electrons. The van der Waals surface area contributed by atoms with E-state index < -0.39 is 17.9 Å². The minimum Gasteiger partial charge on any atom is -0.486 e. The Morgan fingerprint density at radius 2 is 2.05 bits per heavy atom. The molecule has 0 unspecified atom stereocenters. The topological polar surface area (TPSA) is 63.2 Å². The van der Waals surface area contributed by atoms with Crippen molar-refractivity contribution in [3.8, 4) is 0 Å². The number of esters is 1. The highest BCUT2D eigenvalue weighted by molar-refractivity contribution is 5.82. The summed E-state index contributed by atoms with van der Waals surface area (Å²) >= 11 is 0. The molecule has 0 amide bonds. The van der Waals surface area contributed by atoms with Gasteiger partial charge in [0.1, 0.15) is 18.0 Å². The van der Waals surface area contributed by atoms with Gasteiger partial charge in [-0.15, -0.1) is 0 Å². The molecule has 0 bridgehead atoms. The number of ether oxygens (including phenoxy) is 5. The summed E-state index contributed by atoms with van der Waals surface area (Å²) in [4.78, 5) is 11.4. The van der Waals surface area contributed by atoms with Crippen molar-refractivity contribution in [1.29, 1.82) is 0 Å². The zero-order valence-electron chi connectivity index (χ0n) is 11.8. The molecule has 0 N–H and O–H groups in total. The Labute approximate surface area is 112 Å². The molecule has 2 aliphatic rings. The molecule has 2 heterocycles. The third-order valence-corrected chi connectivity index (χ3v) is 3.30. The van der Waals surface area contributed by atoms with Crippen LogP contribution in [0.4, 0.5) is 0 Å². The molecule has 0 spiro atoms. The largest absolute Gasteiger partial charge is 0.486 e. The number of methoxy groups -OCH3 is 2. The first-order chi connectivity index (χ1) is 8.88. The molecule has 19 heavy (non-hydrogen) atoms. The van der Waals surface area contributed by atoms with Crippen LogP contribution < -0.4 is 0 Å². The van der Waals surface area contributed by atoms with Crippen LogP contribution in [-0.4, -0.2) is 50.4 Å². The Kier molecular flexibility index (Phi) is 3.85. The number of rotatable bonds is 3. The molecule has 4 atom stereocenters. The van der Waals surface area contributed by atoms with Gasteiger partial charge < -0.3 is 23.7 Å². The van der Waals surface area contributed by atoms with Crippen molar-refractivity contribution in [3.05, 3.63) is 11.8 Å². The summed E-state index contributed by atoms with van der Waals surface area (Å²) in [5.74, 6) is -0.760. The van der Waals surface area contributed by atoms with Gasteiger partial charge in [0.25, 0.3) is 0 Å². The number of hydrogen-bond donors (Lipinski definition) is 0. The predicted octanol–water partition coefficient (Wildman–Crippen LogP) is 0.997. The third kappa shape index (κ3) is 2.75. The maximum Gasteiger partial charge on any atom is 0.333 e. The van der Waals surface area contributed by atoms with Gasteiger partial charge in [-0.25, -0.2) is 4.79 Å². The molecule has 2 fully saturated rings. The van der Waals surface area contributed by atoms with Crippen LogP contribution in [0.5, 0.6) is 0 Å². The van der Waals surface area contributed by atoms with Gasteiger partial charge in [-0.1, -0.05) is 0 Å². The van der Waals surface area contributed by atoms with E-state index in [2.05, 4.69) is 4.74 Å². The van der Waals surface area contributed by atoms with Gasteiger partial charge in [0.2, 0.25) is 0 Å².